The highest BCUT2D eigenvalue weighted by molar-refractivity contribution is 7.17. The number of thiazole rings is 1. The molecule has 4 rings (SSSR count). The van der Waals surface area contributed by atoms with Crippen molar-refractivity contribution in [3.05, 3.63) is 22.0 Å². The largest absolute Gasteiger partial charge is 0.291 e. The quantitative estimate of drug-likeness (QED) is 0.682. The topological polar surface area (TPSA) is 17.3 Å². The Morgan fingerprint density at radius 1 is 1.25 bits per heavy atom. The first-order valence-corrected chi connectivity index (χ1v) is 7.15. The zero-order valence-corrected chi connectivity index (χ0v) is 10.4. The Labute approximate surface area is 99.3 Å². The molecule has 0 amide bonds. The van der Waals surface area contributed by atoms with Gasteiger partial charge in [0.15, 0.2) is 4.96 Å². The SMILES string of the molecule is CC1CCc2nc3sc4c(n3c2C1)CCC4. The van der Waals surface area contributed by atoms with Gasteiger partial charge in [0.1, 0.15) is 0 Å². The molecule has 2 nitrogen and oxygen atoms in total. The highest BCUT2D eigenvalue weighted by atomic mass is 32.1. The molecule has 0 bridgehead atoms. The van der Waals surface area contributed by atoms with Crippen molar-refractivity contribution < 1.29 is 0 Å². The van der Waals surface area contributed by atoms with Crippen LogP contribution in [0.1, 0.15) is 41.7 Å². The fourth-order valence-corrected chi connectivity index (χ4v) is 4.45. The van der Waals surface area contributed by atoms with Crippen LogP contribution in [-0.4, -0.2) is 9.38 Å². The Balaban J connectivity index is 2.00. The first-order chi connectivity index (χ1) is 7.83. The lowest BCUT2D eigenvalue weighted by Gasteiger charge is -2.17. The fraction of sp³-hybridized carbons (Fsp3) is 0.615. The highest BCUT2D eigenvalue weighted by Crippen LogP contribution is 2.35. The maximum atomic E-state index is 4.83. The molecule has 0 saturated heterocycles. The summed E-state index contributed by atoms with van der Waals surface area (Å²) in [6.45, 7) is 2.37. The molecule has 0 radical (unpaired) electrons. The van der Waals surface area contributed by atoms with Gasteiger partial charge in [0.05, 0.1) is 5.69 Å². The van der Waals surface area contributed by atoms with Crippen molar-refractivity contribution in [2.75, 3.05) is 0 Å². The summed E-state index contributed by atoms with van der Waals surface area (Å²) in [6.07, 6.45) is 7.65. The van der Waals surface area contributed by atoms with Gasteiger partial charge in [-0.2, -0.15) is 0 Å². The number of imidazole rings is 1. The Bertz CT molecular complexity index is 564. The van der Waals surface area contributed by atoms with E-state index in [0.717, 1.165) is 5.92 Å². The molecule has 0 fully saturated rings. The molecule has 0 saturated carbocycles. The molecule has 84 valence electrons. The van der Waals surface area contributed by atoms with Crippen LogP contribution in [0.15, 0.2) is 0 Å². The molecule has 3 heteroatoms. The molecule has 0 spiro atoms. The van der Waals surface area contributed by atoms with E-state index in [-0.39, 0.29) is 0 Å². The maximum Gasteiger partial charge on any atom is 0.194 e. The van der Waals surface area contributed by atoms with E-state index in [2.05, 4.69) is 11.3 Å². The fourth-order valence-electron chi connectivity index (χ4n) is 3.20. The third-order valence-electron chi connectivity index (χ3n) is 4.06. The highest BCUT2D eigenvalue weighted by Gasteiger charge is 2.26. The van der Waals surface area contributed by atoms with Gasteiger partial charge in [-0.15, -0.1) is 11.3 Å². The van der Waals surface area contributed by atoms with E-state index >= 15 is 0 Å². The lowest BCUT2D eigenvalue weighted by atomic mass is 9.91. The molecule has 0 aliphatic heterocycles. The number of hydrogen-bond donors (Lipinski definition) is 0. The summed E-state index contributed by atoms with van der Waals surface area (Å²) in [4.78, 5) is 7.70. The lowest BCUT2D eigenvalue weighted by molar-refractivity contribution is 0.487. The summed E-state index contributed by atoms with van der Waals surface area (Å²) < 4.78 is 2.50. The van der Waals surface area contributed by atoms with Gasteiger partial charge >= 0.3 is 0 Å². The zero-order chi connectivity index (χ0) is 10.7. The third kappa shape index (κ3) is 1.10. The van der Waals surface area contributed by atoms with Crippen LogP contribution in [0.5, 0.6) is 0 Å². The summed E-state index contributed by atoms with van der Waals surface area (Å²) >= 11 is 1.93. The second-order valence-electron chi connectivity index (χ2n) is 5.30. The Kier molecular flexibility index (Phi) is 1.79. The Morgan fingerprint density at radius 3 is 3.12 bits per heavy atom. The molecule has 1 unspecified atom stereocenters. The monoisotopic (exact) mass is 232 g/mol. The second-order valence-corrected chi connectivity index (χ2v) is 6.36. The average Bonchev–Trinajstić information content (AvgIpc) is 2.86. The summed E-state index contributed by atoms with van der Waals surface area (Å²) in [6, 6.07) is 0. The molecule has 2 aromatic heterocycles. The normalized spacial score (nSPS) is 23.7. The minimum atomic E-state index is 0.837. The van der Waals surface area contributed by atoms with E-state index in [1.54, 1.807) is 10.6 Å². The van der Waals surface area contributed by atoms with Crippen LogP contribution in [0.25, 0.3) is 4.96 Å². The van der Waals surface area contributed by atoms with Crippen molar-refractivity contribution in [3.63, 3.8) is 0 Å². The van der Waals surface area contributed by atoms with E-state index in [0.29, 0.717) is 0 Å². The average molecular weight is 232 g/mol. The van der Waals surface area contributed by atoms with Crippen LogP contribution in [0.3, 0.4) is 0 Å². The summed E-state index contributed by atoms with van der Waals surface area (Å²) in [5, 5.41) is 0. The summed E-state index contributed by atoms with van der Waals surface area (Å²) in [7, 11) is 0. The molecule has 0 N–H and O–H groups in total. The van der Waals surface area contributed by atoms with Gasteiger partial charge in [0.25, 0.3) is 0 Å². The molecule has 0 aromatic carbocycles. The van der Waals surface area contributed by atoms with Crippen molar-refractivity contribution in [1.82, 2.24) is 9.38 Å². The van der Waals surface area contributed by atoms with Crippen molar-refractivity contribution >= 4 is 16.3 Å². The van der Waals surface area contributed by atoms with Crippen LogP contribution in [0.2, 0.25) is 0 Å². The van der Waals surface area contributed by atoms with Crippen molar-refractivity contribution in [1.29, 1.82) is 0 Å². The van der Waals surface area contributed by atoms with E-state index in [9.17, 15) is 0 Å². The standard InChI is InChI=1S/C13H16N2S/c1-8-5-6-9-11(7-8)15-10-3-2-4-12(10)16-13(15)14-9/h8H,2-7H2,1H3. The molecule has 2 aliphatic carbocycles. The molecule has 2 heterocycles. The smallest absolute Gasteiger partial charge is 0.194 e. The third-order valence-corrected chi connectivity index (χ3v) is 5.21. The van der Waals surface area contributed by atoms with Gasteiger partial charge in [-0.3, -0.25) is 4.40 Å². The first kappa shape index (κ1) is 9.23. The van der Waals surface area contributed by atoms with E-state index in [1.807, 2.05) is 11.3 Å². The van der Waals surface area contributed by atoms with Crippen LogP contribution in [-0.2, 0) is 25.7 Å². The van der Waals surface area contributed by atoms with Gasteiger partial charge in [-0.1, -0.05) is 6.92 Å². The number of fused-ring (bicyclic) bond motifs is 5. The van der Waals surface area contributed by atoms with Gasteiger partial charge in [-0.05, 0) is 44.4 Å². The molecule has 1 atom stereocenters. The number of hydrogen-bond acceptors (Lipinski definition) is 2. The van der Waals surface area contributed by atoms with Crippen LogP contribution >= 0.6 is 11.3 Å². The number of aryl methyl sites for hydroxylation is 3. The summed E-state index contributed by atoms with van der Waals surface area (Å²) in [5.74, 6) is 0.837. The van der Waals surface area contributed by atoms with Gasteiger partial charge in [-0.25, -0.2) is 4.98 Å². The predicted molar refractivity (Wildman–Crippen MR) is 66.3 cm³/mol. The van der Waals surface area contributed by atoms with Crippen molar-refractivity contribution in [3.8, 4) is 0 Å². The summed E-state index contributed by atoms with van der Waals surface area (Å²) in [5.41, 5.74) is 4.51. The minimum Gasteiger partial charge on any atom is -0.291 e. The van der Waals surface area contributed by atoms with Crippen molar-refractivity contribution in [2.45, 2.75) is 45.4 Å². The predicted octanol–water partition coefficient (Wildman–Crippen LogP) is 3.01. The van der Waals surface area contributed by atoms with Gasteiger partial charge in [0.2, 0.25) is 0 Å². The van der Waals surface area contributed by atoms with Gasteiger partial charge < -0.3 is 0 Å². The van der Waals surface area contributed by atoms with E-state index < -0.39 is 0 Å². The van der Waals surface area contributed by atoms with Crippen LogP contribution < -0.4 is 0 Å². The Morgan fingerprint density at radius 2 is 2.19 bits per heavy atom. The van der Waals surface area contributed by atoms with E-state index in [4.69, 9.17) is 4.98 Å². The van der Waals surface area contributed by atoms with Crippen LogP contribution in [0, 0.1) is 5.92 Å². The minimum absolute atomic E-state index is 0.837. The first-order valence-electron chi connectivity index (χ1n) is 6.33. The molecule has 16 heavy (non-hydrogen) atoms. The molecule has 2 aliphatic rings. The number of aromatic nitrogens is 2. The van der Waals surface area contributed by atoms with Gasteiger partial charge in [0, 0.05) is 16.3 Å². The number of rotatable bonds is 0. The maximum absolute atomic E-state index is 4.83. The lowest BCUT2D eigenvalue weighted by Crippen LogP contribution is -2.13. The Hall–Kier alpha value is -0.830. The molecular formula is C13H16N2S. The number of nitrogens with zero attached hydrogens (tertiary/aromatic N) is 2. The van der Waals surface area contributed by atoms with E-state index in [1.165, 1.54) is 54.9 Å². The van der Waals surface area contributed by atoms with Crippen LogP contribution in [0.4, 0.5) is 0 Å². The van der Waals surface area contributed by atoms with Crippen molar-refractivity contribution in [2.24, 2.45) is 5.92 Å². The zero-order valence-electron chi connectivity index (χ0n) is 9.62. The molecular weight excluding hydrogens is 216 g/mol. The molecule has 2 aromatic rings. The second kappa shape index (κ2) is 3.10.